The van der Waals surface area contributed by atoms with Crippen molar-refractivity contribution in [2.45, 2.75) is 24.3 Å². The molecule has 36 heavy (non-hydrogen) atoms. The molecule has 0 bridgehead atoms. The topological polar surface area (TPSA) is 69.5 Å². The van der Waals surface area contributed by atoms with E-state index < -0.39 is 24.3 Å². The maximum atomic E-state index is 13.0. The summed E-state index contributed by atoms with van der Waals surface area (Å²) < 4.78 is 39.0. The van der Waals surface area contributed by atoms with E-state index in [0.29, 0.717) is 28.5 Å². The number of hydrogen-bond donors (Lipinski definition) is 2. The van der Waals surface area contributed by atoms with Gasteiger partial charge in [-0.05, 0) is 47.9 Å². The average molecular weight is 514 g/mol. The number of hydrogen-bond acceptors (Lipinski definition) is 5. The number of likely N-dealkylation sites (tertiary alicyclic amines) is 1. The zero-order valence-corrected chi connectivity index (χ0v) is 19.8. The van der Waals surface area contributed by atoms with Gasteiger partial charge in [0.25, 0.3) is 0 Å². The molecule has 0 spiro atoms. The molecule has 5 nitrogen and oxygen atoms in total. The predicted octanol–water partition coefficient (Wildman–Crippen LogP) is 4.57. The Hall–Kier alpha value is -3.22. The minimum Gasteiger partial charge on any atom is -0.388 e. The predicted molar refractivity (Wildman–Crippen MR) is 132 cm³/mol. The van der Waals surface area contributed by atoms with Crippen LogP contribution >= 0.6 is 11.6 Å². The van der Waals surface area contributed by atoms with Crippen molar-refractivity contribution < 1.29 is 23.4 Å². The highest BCUT2D eigenvalue weighted by molar-refractivity contribution is 6.30. The highest BCUT2D eigenvalue weighted by Crippen LogP contribution is 2.38. The molecule has 1 fully saturated rings. The highest BCUT2D eigenvalue weighted by atomic mass is 35.5. The third-order valence-electron chi connectivity index (χ3n) is 6.00. The summed E-state index contributed by atoms with van der Waals surface area (Å²) in [6.45, 7) is 0.0804. The Morgan fingerprint density at radius 2 is 1.78 bits per heavy atom. The van der Waals surface area contributed by atoms with Crippen LogP contribution in [-0.2, 0) is 0 Å². The third-order valence-corrected chi connectivity index (χ3v) is 6.25. The minimum absolute atomic E-state index is 0.0219. The van der Waals surface area contributed by atoms with E-state index in [1.54, 1.807) is 35.5 Å². The smallest absolute Gasteiger partial charge is 0.388 e. The molecule has 1 unspecified atom stereocenters. The van der Waals surface area contributed by atoms with Crippen molar-refractivity contribution in [3.8, 4) is 23.0 Å². The van der Waals surface area contributed by atoms with Crippen LogP contribution in [0.5, 0.6) is 0 Å². The van der Waals surface area contributed by atoms with Gasteiger partial charge in [0.15, 0.2) is 5.60 Å². The van der Waals surface area contributed by atoms with Gasteiger partial charge >= 0.3 is 6.18 Å². The second kappa shape index (κ2) is 10.8. The number of piperidine rings is 1. The van der Waals surface area contributed by atoms with Crippen LogP contribution in [0.15, 0.2) is 67.0 Å². The molecule has 3 aromatic rings. The minimum atomic E-state index is -4.86. The van der Waals surface area contributed by atoms with Crippen molar-refractivity contribution in [1.29, 1.82) is 0 Å². The van der Waals surface area contributed by atoms with Crippen LogP contribution in [0.2, 0.25) is 5.02 Å². The van der Waals surface area contributed by atoms with Crippen LogP contribution in [0.4, 0.5) is 13.2 Å². The second-order valence-electron chi connectivity index (χ2n) is 8.51. The number of aliphatic hydroxyl groups excluding tert-OH is 1. The fourth-order valence-corrected chi connectivity index (χ4v) is 3.92. The normalized spacial score (nSPS) is 20.8. The van der Waals surface area contributed by atoms with Crippen LogP contribution in [0, 0.1) is 11.8 Å². The van der Waals surface area contributed by atoms with Gasteiger partial charge in [0.1, 0.15) is 11.8 Å². The van der Waals surface area contributed by atoms with Crippen molar-refractivity contribution in [1.82, 2.24) is 14.9 Å². The van der Waals surface area contributed by atoms with Crippen LogP contribution in [0.3, 0.4) is 0 Å². The summed E-state index contributed by atoms with van der Waals surface area (Å²) >= 11 is 5.92. The SMILES string of the molecule is OC1CN(C/C=C/c2ccc(C#Cc3ccc(-c4ccc(Cl)cc4)cn3)cn2)CC[C@]1(O)C(F)(F)F. The maximum absolute atomic E-state index is 13.0. The molecule has 1 aromatic carbocycles. The highest BCUT2D eigenvalue weighted by Gasteiger charge is 2.59. The molecule has 2 N–H and O–H groups in total. The summed E-state index contributed by atoms with van der Waals surface area (Å²) in [6, 6.07) is 14.9. The third kappa shape index (κ3) is 6.12. The largest absolute Gasteiger partial charge is 0.419 e. The van der Waals surface area contributed by atoms with Crippen LogP contribution in [-0.4, -0.2) is 62.6 Å². The Kier molecular flexibility index (Phi) is 7.76. The molecule has 3 heterocycles. The second-order valence-corrected chi connectivity index (χ2v) is 8.95. The maximum Gasteiger partial charge on any atom is 0.419 e. The lowest BCUT2D eigenvalue weighted by Crippen LogP contribution is -2.62. The molecule has 0 aliphatic carbocycles. The zero-order valence-electron chi connectivity index (χ0n) is 19.1. The van der Waals surface area contributed by atoms with Crippen molar-refractivity contribution in [2.75, 3.05) is 19.6 Å². The van der Waals surface area contributed by atoms with E-state index in [1.807, 2.05) is 42.5 Å². The molecule has 1 aliphatic rings. The first-order valence-corrected chi connectivity index (χ1v) is 11.6. The van der Waals surface area contributed by atoms with Crippen molar-refractivity contribution >= 4 is 17.7 Å². The van der Waals surface area contributed by atoms with E-state index in [-0.39, 0.29) is 13.1 Å². The summed E-state index contributed by atoms with van der Waals surface area (Å²) in [4.78, 5) is 10.4. The van der Waals surface area contributed by atoms with Crippen LogP contribution in [0.25, 0.3) is 17.2 Å². The molecule has 1 aliphatic heterocycles. The van der Waals surface area contributed by atoms with E-state index in [9.17, 15) is 23.4 Å². The molecular formula is C27H23ClF3N3O2. The van der Waals surface area contributed by atoms with Gasteiger partial charge in [0, 0.05) is 54.6 Å². The lowest BCUT2D eigenvalue weighted by molar-refractivity contribution is -0.302. The standard InChI is InChI=1S/C27H23ClF3N3O2/c28-22-8-5-20(6-9-22)21-7-12-24(33-17-21)11-4-19-3-10-23(32-16-19)2-1-14-34-15-13-26(36,25(35)18-34)27(29,30)31/h1-3,5-10,12,16-17,25,35-36H,13-15,18H2/b2-1+/t25?,26-/m1/s1. The number of rotatable bonds is 4. The van der Waals surface area contributed by atoms with Crippen LogP contribution in [0.1, 0.15) is 23.4 Å². The molecular weight excluding hydrogens is 491 g/mol. The van der Waals surface area contributed by atoms with Crippen molar-refractivity contribution in [3.63, 3.8) is 0 Å². The van der Waals surface area contributed by atoms with E-state index in [2.05, 4.69) is 21.8 Å². The van der Waals surface area contributed by atoms with Gasteiger partial charge < -0.3 is 10.2 Å². The Morgan fingerprint density at radius 3 is 2.39 bits per heavy atom. The first-order chi connectivity index (χ1) is 17.1. The average Bonchev–Trinajstić information content (AvgIpc) is 2.86. The lowest BCUT2D eigenvalue weighted by atomic mass is 9.88. The van der Waals surface area contributed by atoms with Crippen molar-refractivity contribution in [2.24, 2.45) is 0 Å². The molecule has 1 saturated heterocycles. The quantitative estimate of drug-likeness (QED) is 0.500. The molecule has 0 saturated carbocycles. The van der Waals surface area contributed by atoms with Gasteiger partial charge in [-0.1, -0.05) is 41.8 Å². The monoisotopic (exact) mass is 513 g/mol. The number of pyridine rings is 2. The Bertz CT molecular complexity index is 1270. The first-order valence-electron chi connectivity index (χ1n) is 11.2. The number of benzene rings is 1. The summed E-state index contributed by atoms with van der Waals surface area (Å²) in [5, 5.41) is 20.3. The Balaban J connectivity index is 1.30. The Morgan fingerprint density at radius 1 is 1.03 bits per heavy atom. The van der Waals surface area contributed by atoms with Gasteiger partial charge in [-0.2, -0.15) is 13.2 Å². The van der Waals surface area contributed by atoms with E-state index in [1.165, 1.54) is 0 Å². The number of nitrogens with zero attached hydrogens (tertiary/aromatic N) is 3. The first kappa shape index (κ1) is 25.9. The summed E-state index contributed by atoms with van der Waals surface area (Å²) in [5.74, 6) is 6.02. The number of aromatic nitrogens is 2. The fraction of sp³-hybridized carbons (Fsp3) is 0.259. The van der Waals surface area contributed by atoms with E-state index in [0.717, 1.165) is 11.1 Å². The molecule has 0 radical (unpaired) electrons. The Labute approximate surface area is 211 Å². The molecule has 0 amide bonds. The number of β-amino-alcohol motifs (C(OH)–C–C–N with tert-alkyl or cyclic N) is 1. The van der Waals surface area contributed by atoms with E-state index in [4.69, 9.17) is 11.6 Å². The summed E-state index contributed by atoms with van der Waals surface area (Å²) in [6.07, 6.45) is -0.447. The van der Waals surface area contributed by atoms with Crippen LogP contribution < -0.4 is 0 Å². The van der Waals surface area contributed by atoms with Gasteiger partial charge in [0.05, 0.1) is 5.69 Å². The summed E-state index contributed by atoms with van der Waals surface area (Å²) in [7, 11) is 0. The number of alkyl halides is 3. The molecule has 186 valence electrons. The lowest BCUT2D eigenvalue weighted by Gasteiger charge is -2.42. The van der Waals surface area contributed by atoms with E-state index >= 15 is 0 Å². The fourth-order valence-electron chi connectivity index (χ4n) is 3.80. The molecule has 2 aromatic heterocycles. The van der Waals surface area contributed by atoms with Gasteiger partial charge in [-0.25, -0.2) is 4.98 Å². The molecule has 9 heteroatoms. The van der Waals surface area contributed by atoms with Gasteiger partial charge in [-0.15, -0.1) is 0 Å². The number of halogens is 4. The zero-order chi connectivity index (χ0) is 25.8. The van der Waals surface area contributed by atoms with Gasteiger partial charge in [-0.3, -0.25) is 9.88 Å². The van der Waals surface area contributed by atoms with Crippen molar-refractivity contribution in [3.05, 3.63) is 89.0 Å². The van der Waals surface area contributed by atoms with Gasteiger partial charge in [0.2, 0.25) is 0 Å². The molecule has 4 rings (SSSR count). The molecule has 2 atom stereocenters. The number of aliphatic hydroxyl groups is 2. The summed E-state index contributed by atoms with van der Waals surface area (Å²) in [5.41, 5.74) is 0.915.